The number of halogens is 1. The molecule has 1 aliphatic heterocycles. The summed E-state index contributed by atoms with van der Waals surface area (Å²) in [5, 5.41) is 17.9. The molecule has 1 atom stereocenters. The van der Waals surface area contributed by atoms with E-state index in [4.69, 9.17) is 17.3 Å². The lowest BCUT2D eigenvalue weighted by molar-refractivity contribution is -0.122. The van der Waals surface area contributed by atoms with Crippen LogP contribution in [0.15, 0.2) is 24.3 Å². The summed E-state index contributed by atoms with van der Waals surface area (Å²) in [6, 6.07) is 7.64. The molecule has 3 heterocycles. The number of amides is 1. The quantitative estimate of drug-likeness (QED) is 0.736. The number of nitrogens with two attached hydrogens (primary N) is 1. The molecule has 140 valence electrons. The van der Waals surface area contributed by atoms with Crippen LogP contribution in [0.1, 0.15) is 24.1 Å². The Morgan fingerprint density at radius 1 is 1.30 bits per heavy atom. The van der Waals surface area contributed by atoms with Gasteiger partial charge in [-0.05, 0) is 31.4 Å². The van der Waals surface area contributed by atoms with Crippen LogP contribution in [0.25, 0.3) is 11.0 Å². The molecule has 27 heavy (non-hydrogen) atoms. The molecule has 3 aromatic rings. The molecule has 1 amide bonds. The standard InChI is InChI=1S/C18H20ClN7O/c1-11-15-16(26(24-22-15)10-12-5-2-3-7-14(12)19)18(23-21-11)25-8-4-6-13(9-25)17(20)27/h2-3,5,7,13H,4,6,8-10H2,1H3,(H2,20,27). The Kier molecular flexibility index (Phi) is 4.65. The van der Waals surface area contributed by atoms with Gasteiger partial charge in [-0.3, -0.25) is 4.79 Å². The van der Waals surface area contributed by atoms with E-state index in [9.17, 15) is 4.79 Å². The molecule has 8 nitrogen and oxygen atoms in total. The summed E-state index contributed by atoms with van der Waals surface area (Å²) in [5.74, 6) is 0.210. The van der Waals surface area contributed by atoms with Crippen molar-refractivity contribution in [3.05, 3.63) is 40.5 Å². The van der Waals surface area contributed by atoms with Crippen LogP contribution in [0.5, 0.6) is 0 Å². The van der Waals surface area contributed by atoms with Crippen LogP contribution < -0.4 is 10.6 Å². The van der Waals surface area contributed by atoms with Crippen molar-refractivity contribution in [3.8, 4) is 0 Å². The molecule has 9 heteroatoms. The first-order chi connectivity index (χ1) is 13.0. The topological polar surface area (TPSA) is 103 Å². The van der Waals surface area contributed by atoms with Gasteiger partial charge < -0.3 is 10.6 Å². The molecule has 2 aromatic heterocycles. The molecule has 0 spiro atoms. The van der Waals surface area contributed by atoms with Gasteiger partial charge in [0, 0.05) is 18.1 Å². The van der Waals surface area contributed by atoms with E-state index in [1.165, 1.54) is 0 Å². The largest absolute Gasteiger partial charge is 0.369 e. The summed E-state index contributed by atoms with van der Waals surface area (Å²) in [4.78, 5) is 13.7. The van der Waals surface area contributed by atoms with Gasteiger partial charge in [0.05, 0.1) is 18.2 Å². The number of aryl methyl sites for hydroxylation is 1. The van der Waals surface area contributed by atoms with E-state index in [0.717, 1.165) is 30.5 Å². The van der Waals surface area contributed by atoms with Gasteiger partial charge in [-0.1, -0.05) is 35.0 Å². The molecule has 0 aliphatic carbocycles. The first-order valence-electron chi connectivity index (χ1n) is 8.88. The number of carbonyl (C=O) groups excluding carboxylic acids is 1. The van der Waals surface area contributed by atoms with Gasteiger partial charge in [-0.15, -0.1) is 10.2 Å². The molecule has 1 fully saturated rings. The normalized spacial score (nSPS) is 17.4. The van der Waals surface area contributed by atoms with Crippen LogP contribution in [-0.2, 0) is 11.3 Å². The Bertz CT molecular complexity index is 1000. The molecular formula is C18H20ClN7O. The minimum Gasteiger partial charge on any atom is -0.369 e. The number of hydrogen-bond acceptors (Lipinski definition) is 6. The molecule has 2 N–H and O–H groups in total. The molecule has 4 rings (SSSR count). The molecular weight excluding hydrogens is 366 g/mol. The second kappa shape index (κ2) is 7.11. The molecule has 1 aliphatic rings. The van der Waals surface area contributed by atoms with E-state index in [2.05, 4.69) is 25.4 Å². The maximum absolute atomic E-state index is 11.7. The first kappa shape index (κ1) is 17.7. The zero-order valence-corrected chi connectivity index (χ0v) is 15.7. The Morgan fingerprint density at radius 3 is 2.89 bits per heavy atom. The van der Waals surface area contributed by atoms with Crippen molar-refractivity contribution >= 4 is 34.4 Å². The van der Waals surface area contributed by atoms with E-state index < -0.39 is 0 Å². The number of primary amides is 1. The van der Waals surface area contributed by atoms with Crippen molar-refractivity contribution in [2.75, 3.05) is 18.0 Å². The summed E-state index contributed by atoms with van der Waals surface area (Å²) >= 11 is 6.31. The van der Waals surface area contributed by atoms with Gasteiger partial charge in [-0.25, -0.2) is 4.68 Å². The van der Waals surface area contributed by atoms with Gasteiger partial charge in [0.1, 0.15) is 11.0 Å². The summed E-state index contributed by atoms with van der Waals surface area (Å²) < 4.78 is 1.79. The Balaban J connectivity index is 1.77. The Morgan fingerprint density at radius 2 is 2.11 bits per heavy atom. The summed E-state index contributed by atoms with van der Waals surface area (Å²) in [6.45, 7) is 3.64. The fraction of sp³-hybridized carbons (Fsp3) is 0.389. The monoisotopic (exact) mass is 385 g/mol. The van der Waals surface area contributed by atoms with Gasteiger partial charge in [0.25, 0.3) is 0 Å². The summed E-state index contributed by atoms with van der Waals surface area (Å²) in [6.07, 6.45) is 1.67. The van der Waals surface area contributed by atoms with Crippen LogP contribution in [0.4, 0.5) is 5.82 Å². The number of hydrogen-bond donors (Lipinski definition) is 1. The Labute approximate surface area is 161 Å². The fourth-order valence-electron chi connectivity index (χ4n) is 3.51. The van der Waals surface area contributed by atoms with Crippen molar-refractivity contribution in [2.24, 2.45) is 11.7 Å². The number of nitrogens with zero attached hydrogens (tertiary/aromatic N) is 6. The number of fused-ring (bicyclic) bond motifs is 1. The lowest BCUT2D eigenvalue weighted by Crippen LogP contribution is -2.41. The van der Waals surface area contributed by atoms with Crippen molar-refractivity contribution in [3.63, 3.8) is 0 Å². The highest BCUT2D eigenvalue weighted by molar-refractivity contribution is 6.31. The van der Waals surface area contributed by atoms with E-state index in [1.807, 2.05) is 31.2 Å². The van der Waals surface area contributed by atoms with Crippen molar-refractivity contribution in [2.45, 2.75) is 26.3 Å². The second-order valence-electron chi connectivity index (χ2n) is 6.83. The van der Waals surface area contributed by atoms with Crippen molar-refractivity contribution < 1.29 is 4.79 Å². The SMILES string of the molecule is Cc1nnc(N2CCCC(C(N)=O)C2)c2c1nnn2Cc1ccccc1Cl. The van der Waals surface area contributed by atoms with E-state index >= 15 is 0 Å². The van der Waals surface area contributed by atoms with Crippen molar-refractivity contribution in [1.29, 1.82) is 0 Å². The molecule has 0 bridgehead atoms. The number of benzene rings is 1. The number of piperidine rings is 1. The van der Waals surface area contributed by atoms with Crippen molar-refractivity contribution in [1.82, 2.24) is 25.2 Å². The van der Waals surface area contributed by atoms with E-state index in [0.29, 0.717) is 35.1 Å². The highest BCUT2D eigenvalue weighted by atomic mass is 35.5. The summed E-state index contributed by atoms with van der Waals surface area (Å²) in [5.41, 5.74) is 8.68. The van der Waals surface area contributed by atoms with Gasteiger partial charge in [-0.2, -0.15) is 5.10 Å². The highest BCUT2D eigenvalue weighted by Gasteiger charge is 2.28. The van der Waals surface area contributed by atoms with Gasteiger partial charge in [0.2, 0.25) is 5.91 Å². The zero-order valence-electron chi connectivity index (χ0n) is 15.0. The molecule has 1 unspecified atom stereocenters. The van der Waals surface area contributed by atoms with Crippen LogP contribution in [0.2, 0.25) is 5.02 Å². The number of rotatable bonds is 4. The van der Waals surface area contributed by atoms with Gasteiger partial charge in [0.15, 0.2) is 5.82 Å². The third kappa shape index (κ3) is 3.32. The molecule has 0 saturated carbocycles. The third-order valence-electron chi connectivity index (χ3n) is 4.99. The molecule has 1 saturated heterocycles. The lowest BCUT2D eigenvalue weighted by atomic mass is 9.97. The van der Waals surface area contributed by atoms with Crippen LogP contribution in [-0.4, -0.2) is 44.2 Å². The maximum Gasteiger partial charge on any atom is 0.222 e. The Hall–Kier alpha value is -2.74. The predicted octanol–water partition coefficient (Wildman–Crippen LogP) is 1.93. The molecule has 0 radical (unpaired) electrons. The lowest BCUT2D eigenvalue weighted by Gasteiger charge is -2.32. The average molecular weight is 386 g/mol. The smallest absolute Gasteiger partial charge is 0.222 e. The zero-order chi connectivity index (χ0) is 19.0. The van der Waals surface area contributed by atoms with E-state index in [-0.39, 0.29) is 11.8 Å². The first-order valence-corrected chi connectivity index (χ1v) is 9.26. The van der Waals surface area contributed by atoms with Crippen LogP contribution >= 0.6 is 11.6 Å². The maximum atomic E-state index is 11.7. The minimum atomic E-state index is -0.279. The number of anilines is 1. The van der Waals surface area contributed by atoms with Crippen LogP contribution in [0, 0.1) is 12.8 Å². The van der Waals surface area contributed by atoms with E-state index in [1.54, 1.807) is 4.68 Å². The number of carbonyl (C=O) groups is 1. The second-order valence-corrected chi connectivity index (χ2v) is 7.24. The predicted molar refractivity (Wildman–Crippen MR) is 103 cm³/mol. The number of aromatic nitrogens is 5. The highest BCUT2D eigenvalue weighted by Crippen LogP contribution is 2.29. The minimum absolute atomic E-state index is 0.190. The fourth-order valence-corrected chi connectivity index (χ4v) is 3.70. The summed E-state index contributed by atoms with van der Waals surface area (Å²) in [7, 11) is 0. The average Bonchev–Trinajstić information content (AvgIpc) is 3.09. The third-order valence-corrected chi connectivity index (χ3v) is 5.35. The van der Waals surface area contributed by atoms with Gasteiger partial charge >= 0.3 is 0 Å². The molecule has 1 aromatic carbocycles. The van der Waals surface area contributed by atoms with Crippen LogP contribution in [0.3, 0.4) is 0 Å².